The van der Waals surface area contributed by atoms with Crippen molar-refractivity contribution in [1.29, 1.82) is 0 Å². The lowest BCUT2D eigenvalue weighted by molar-refractivity contribution is -0.146. The highest BCUT2D eigenvalue weighted by molar-refractivity contribution is 5.93. The van der Waals surface area contributed by atoms with E-state index < -0.39 is 41.7 Å². The van der Waals surface area contributed by atoms with Crippen LogP contribution in [-0.2, 0) is 26.9 Å². The molecule has 0 unspecified atom stereocenters. The Hall–Kier alpha value is -2.90. The van der Waals surface area contributed by atoms with Gasteiger partial charge in [-0.15, -0.1) is 0 Å². The summed E-state index contributed by atoms with van der Waals surface area (Å²) in [6.07, 6.45) is -4.81. The molecule has 0 spiro atoms. The Bertz CT molecular complexity index is 757. The molecule has 0 aromatic heterocycles. The smallest absolute Gasteiger partial charge is 0.418 e. The number of anilines is 1. The molecule has 1 N–H and O–H groups in total. The van der Waals surface area contributed by atoms with E-state index in [2.05, 4.69) is 5.32 Å². The molecule has 8 heteroatoms. The number of hydrogen-bond acceptors (Lipinski definition) is 3. The van der Waals surface area contributed by atoms with Crippen molar-refractivity contribution in [3.8, 4) is 0 Å². The number of ether oxygens (including phenoxy) is 1. The Kier molecular flexibility index (Phi) is 5.74. The first kappa shape index (κ1) is 18.4. The van der Waals surface area contributed by atoms with Crippen LogP contribution in [0.3, 0.4) is 0 Å². The van der Waals surface area contributed by atoms with E-state index in [9.17, 15) is 27.2 Å². The minimum atomic E-state index is -4.62. The van der Waals surface area contributed by atoms with Crippen LogP contribution in [0.25, 0.3) is 0 Å². The highest BCUT2D eigenvalue weighted by Gasteiger charge is 2.33. The second kappa shape index (κ2) is 7.78. The zero-order valence-electron chi connectivity index (χ0n) is 12.8. The summed E-state index contributed by atoms with van der Waals surface area (Å²) in [6, 6.07) is 9.57. The molecule has 4 nitrogen and oxygen atoms in total. The zero-order valence-corrected chi connectivity index (χ0v) is 12.8. The van der Waals surface area contributed by atoms with Gasteiger partial charge in [-0.3, -0.25) is 9.59 Å². The third kappa shape index (κ3) is 5.59. The largest absolute Gasteiger partial charge is 0.455 e. The molecule has 0 saturated carbocycles. The van der Waals surface area contributed by atoms with Crippen molar-refractivity contribution in [2.45, 2.75) is 12.6 Å². The molecule has 0 saturated heterocycles. The Morgan fingerprint density at radius 3 is 2.28 bits per heavy atom. The van der Waals surface area contributed by atoms with Crippen LogP contribution < -0.4 is 5.32 Å². The first-order chi connectivity index (χ1) is 11.8. The third-order valence-electron chi connectivity index (χ3n) is 3.13. The number of amides is 1. The lowest BCUT2D eigenvalue weighted by Gasteiger charge is -2.13. The summed E-state index contributed by atoms with van der Waals surface area (Å²) in [6.45, 7) is -0.730. The fraction of sp³-hybridized carbons (Fsp3) is 0.176. The lowest BCUT2D eigenvalue weighted by atomic mass is 10.1. The summed E-state index contributed by atoms with van der Waals surface area (Å²) in [7, 11) is 0. The second-order valence-electron chi connectivity index (χ2n) is 5.06. The number of benzene rings is 2. The predicted octanol–water partition coefficient (Wildman–Crippen LogP) is 3.57. The number of esters is 1. The van der Waals surface area contributed by atoms with E-state index in [0.717, 1.165) is 12.1 Å². The van der Waals surface area contributed by atoms with Crippen molar-refractivity contribution in [3.05, 3.63) is 65.5 Å². The molecule has 0 radical (unpaired) electrons. The monoisotopic (exact) mass is 355 g/mol. The summed E-state index contributed by atoms with van der Waals surface area (Å²) in [4.78, 5) is 23.3. The Balaban J connectivity index is 1.89. The molecule has 0 aliphatic carbocycles. The van der Waals surface area contributed by atoms with Crippen LogP contribution in [0.2, 0.25) is 0 Å². The van der Waals surface area contributed by atoms with E-state index >= 15 is 0 Å². The van der Waals surface area contributed by atoms with Crippen LogP contribution in [0.4, 0.5) is 23.2 Å². The van der Waals surface area contributed by atoms with Gasteiger partial charge in [0.2, 0.25) is 0 Å². The van der Waals surface area contributed by atoms with Crippen LogP contribution >= 0.6 is 0 Å². The number of carbonyl (C=O) groups is 2. The number of para-hydroxylation sites is 1. The summed E-state index contributed by atoms with van der Waals surface area (Å²) >= 11 is 0. The van der Waals surface area contributed by atoms with Crippen molar-refractivity contribution in [2.24, 2.45) is 0 Å². The molecule has 0 bridgehead atoms. The Morgan fingerprint density at radius 2 is 1.64 bits per heavy atom. The van der Waals surface area contributed by atoms with Gasteiger partial charge in [-0.1, -0.05) is 24.3 Å². The maximum atomic E-state index is 12.8. The summed E-state index contributed by atoms with van der Waals surface area (Å²) < 4.78 is 55.9. The highest BCUT2D eigenvalue weighted by Crippen LogP contribution is 2.34. The van der Waals surface area contributed by atoms with E-state index in [0.29, 0.717) is 5.56 Å². The number of rotatable bonds is 5. The standard InChI is InChI=1S/C17H13F4NO3/c18-12-7-5-11(6-8-12)9-16(24)25-10-15(23)22-14-4-2-1-3-13(14)17(19,20)21/h1-8H,9-10H2,(H,22,23). The van der Waals surface area contributed by atoms with Crippen LogP contribution in [0.5, 0.6) is 0 Å². The maximum Gasteiger partial charge on any atom is 0.418 e. The van der Waals surface area contributed by atoms with E-state index in [4.69, 9.17) is 4.74 Å². The van der Waals surface area contributed by atoms with Gasteiger partial charge in [0.15, 0.2) is 6.61 Å². The van der Waals surface area contributed by atoms with Crippen LogP contribution in [0.1, 0.15) is 11.1 Å². The molecule has 0 heterocycles. The fourth-order valence-corrected chi connectivity index (χ4v) is 1.99. The van der Waals surface area contributed by atoms with Gasteiger partial charge >= 0.3 is 12.1 Å². The molecule has 1 amide bonds. The van der Waals surface area contributed by atoms with Crippen molar-refractivity contribution < 1.29 is 31.9 Å². The first-order valence-corrected chi connectivity index (χ1v) is 7.12. The Morgan fingerprint density at radius 1 is 1.00 bits per heavy atom. The first-order valence-electron chi connectivity index (χ1n) is 7.12. The van der Waals surface area contributed by atoms with Crippen molar-refractivity contribution in [3.63, 3.8) is 0 Å². The van der Waals surface area contributed by atoms with E-state index in [1.54, 1.807) is 0 Å². The van der Waals surface area contributed by atoms with Gasteiger partial charge in [0.05, 0.1) is 17.7 Å². The van der Waals surface area contributed by atoms with Gasteiger partial charge in [0.1, 0.15) is 5.82 Å². The third-order valence-corrected chi connectivity index (χ3v) is 3.13. The van der Waals surface area contributed by atoms with Gasteiger partial charge in [0, 0.05) is 0 Å². The van der Waals surface area contributed by atoms with Gasteiger partial charge in [-0.05, 0) is 29.8 Å². The zero-order chi connectivity index (χ0) is 18.4. The van der Waals surface area contributed by atoms with E-state index in [1.165, 1.54) is 36.4 Å². The van der Waals surface area contributed by atoms with E-state index in [-0.39, 0.29) is 6.42 Å². The SMILES string of the molecule is O=C(COC(=O)Cc1ccc(F)cc1)Nc1ccccc1C(F)(F)F. The Labute approximate surface area is 140 Å². The van der Waals surface area contributed by atoms with E-state index in [1.807, 2.05) is 0 Å². The molecular formula is C17H13F4NO3. The van der Waals surface area contributed by atoms with Crippen LogP contribution in [-0.4, -0.2) is 18.5 Å². The number of hydrogen-bond donors (Lipinski definition) is 1. The molecular weight excluding hydrogens is 342 g/mol. The number of nitrogens with one attached hydrogen (secondary N) is 1. The van der Waals surface area contributed by atoms with Crippen molar-refractivity contribution >= 4 is 17.6 Å². The fourth-order valence-electron chi connectivity index (χ4n) is 1.99. The summed E-state index contributed by atoms with van der Waals surface area (Å²) in [5.74, 6) is -2.12. The van der Waals surface area contributed by atoms with Gasteiger partial charge in [0.25, 0.3) is 5.91 Å². The quantitative estimate of drug-likeness (QED) is 0.659. The molecule has 0 atom stereocenters. The minimum Gasteiger partial charge on any atom is -0.455 e. The normalized spacial score (nSPS) is 11.0. The van der Waals surface area contributed by atoms with Gasteiger partial charge in [-0.25, -0.2) is 4.39 Å². The van der Waals surface area contributed by atoms with Crippen molar-refractivity contribution in [2.75, 3.05) is 11.9 Å². The predicted molar refractivity (Wildman–Crippen MR) is 81.1 cm³/mol. The van der Waals surface area contributed by atoms with Crippen molar-refractivity contribution in [1.82, 2.24) is 0 Å². The molecule has 25 heavy (non-hydrogen) atoms. The van der Waals surface area contributed by atoms with Crippen LogP contribution in [0.15, 0.2) is 48.5 Å². The molecule has 0 fully saturated rings. The van der Waals surface area contributed by atoms with Gasteiger partial charge in [-0.2, -0.15) is 13.2 Å². The maximum absolute atomic E-state index is 12.8. The molecule has 2 aromatic rings. The molecule has 0 aliphatic heterocycles. The second-order valence-corrected chi connectivity index (χ2v) is 5.06. The number of carbonyl (C=O) groups excluding carboxylic acids is 2. The molecule has 0 aliphatic rings. The molecule has 2 rings (SSSR count). The summed E-state index contributed by atoms with van der Waals surface area (Å²) in [5, 5.41) is 2.06. The number of halogens is 4. The summed E-state index contributed by atoms with van der Waals surface area (Å²) in [5.41, 5.74) is -0.940. The average molecular weight is 355 g/mol. The number of alkyl halides is 3. The average Bonchev–Trinajstić information content (AvgIpc) is 2.55. The molecule has 132 valence electrons. The molecule has 2 aromatic carbocycles. The lowest BCUT2D eigenvalue weighted by Crippen LogP contribution is -2.23. The minimum absolute atomic E-state index is 0.188. The van der Waals surface area contributed by atoms with Gasteiger partial charge < -0.3 is 10.1 Å². The van der Waals surface area contributed by atoms with Crippen LogP contribution in [0, 0.1) is 5.82 Å². The topological polar surface area (TPSA) is 55.4 Å². The highest BCUT2D eigenvalue weighted by atomic mass is 19.4.